The highest BCUT2D eigenvalue weighted by molar-refractivity contribution is 7.13. The van der Waals surface area contributed by atoms with Crippen molar-refractivity contribution in [2.45, 2.75) is 19.4 Å². The Morgan fingerprint density at radius 1 is 1.07 bits per heavy atom. The molecule has 0 N–H and O–H groups in total. The molecule has 0 aliphatic carbocycles. The minimum absolute atomic E-state index is 0.0167. The molecule has 2 aromatic heterocycles. The molecule has 0 bridgehead atoms. The average Bonchev–Trinajstić information content (AvgIpc) is 3.45. The molecule has 1 saturated heterocycles. The van der Waals surface area contributed by atoms with Gasteiger partial charge in [-0.05, 0) is 25.5 Å². The van der Waals surface area contributed by atoms with Gasteiger partial charge in [-0.1, -0.05) is 42.5 Å². The summed E-state index contributed by atoms with van der Waals surface area (Å²) in [6.45, 7) is 3.48. The second-order valence-electron chi connectivity index (χ2n) is 7.12. The first-order valence-corrected chi connectivity index (χ1v) is 10.3. The van der Waals surface area contributed by atoms with Crippen molar-refractivity contribution in [1.29, 1.82) is 0 Å². The lowest BCUT2D eigenvalue weighted by atomic mass is 10.2. The van der Waals surface area contributed by atoms with E-state index in [1.54, 1.807) is 0 Å². The van der Waals surface area contributed by atoms with E-state index < -0.39 is 0 Å². The molecule has 28 heavy (non-hydrogen) atoms. The predicted octanol–water partition coefficient (Wildman–Crippen LogP) is 4.56. The van der Waals surface area contributed by atoms with Crippen LogP contribution in [0.15, 0.2) is 60.0 Å². The Morgan fingerprint density at radius 3 is 2.71 bits per heavy atom. The highest BCUT2D eigenvalue weighted by Crippen LogP contribution is 2.30. The number of carbonyl (C=O) groups is 1. The van der Waals surface area contributed by atoms with Gasteiger partial charge < -0.3 is 9.47 Å². The second-order valence-corrected chi connectivity index (χ2v) is 7.97. The number of carbonyl (C=O) groups excluding carboxylic acids is 1. The maximum Gasteiger partial charge on any atom is 0.273 e. The van der Waals surface area contributed by atoms with E-state index in [1.165, 1.54) is 11.3 Å². The Kier molecular flexibility index (Phi) is 4.20. The number of nitrogens with zero attached hydrogens (tertiary/aromatic N) is 4. The van der Waals surface area contributed by atoms with Crippen LogP contribution < -0.4 is 0 Å². The minimum atomic E-state index is 0.0167. The van der Waals surface area contributed by atoms with Crippen molar-refractivity contribution < 1.29 is 4.79 Å². The summed E-state index contributed by atoms with van der Waals surface area (Å²) in [5, 5.41) is 2.76. The largest absolute Gasteiger partial charge is 0.335 e. The number of rotatable bonds is 3. The van der Waals surface area contributed by atoms with Crippen LogP contribution in [0.25, 0.3) is 21.6 Å². The summed E-state index contributed by atoms with van der Waals surface area (Å²) >= 11 is 1.52. The first-order valence-electron chi connectivity index (χ1n) is 9.44. The van der Waals surface area contributed by atoms with E-state index in [2.05, 4.69) is 20.6 Å². The molecular formula is C22H20N4OS. The Morgan fingerprint density at radius 2 is 1.86 bits per heavy atom. The van der Waals surface area contributed by atoms with Gasteiger partial charge in [0.1, 0.15) is 16.5 Å². The zero-order valence-electron chi connectivity index (χ0n) is 15.6. The normalized spacial score (nSPS) is 16.8. The van der Waals surface area contributed by atoms with Crippen molar-refractivity contribution in [2.24, 2.45) is 0 Å². The van der Waals surface area contributed by atoms with E-state index in [-0.39, 0.29) is 11.9 Å². The molecule has 0 saturated carbocycles. The van der Waals surface area contributed by atoms with Crippen molar-refractivity contribution in [3.63, 3.8) is 0 Å². The van der Waals surface area contributed by atoms with Crippen LogP contribution in [0.1, 0.15) is 28.8 Å². The smallest absolute Gasteiger partial charge is 0.273 e. The highest BCUT2D eigenvalue weighted by atomic mass is 32.1. The first-order chi connectivity index (χ1) is 13.7. The summed E-state index contributed by atoms with van der Waals surface area (Å²) in [6, 6.07) is 18.4. The molecule has 1 aliphatic heterocycles. The van der Waals surface area contributed by atoms with Gasteiger partial charge in [-0.2, -0.15) is 0 Å². The first kappa shape index (κ1) is 17.1. The second kappa shape index (κ2) is 6.87. The molecule has 1 amide bonds. The molecule has 5 nitrogen and oxygen atoms in total. The van der Waals surface area contributed by atoms with Gasteiger partial charge in [-0.25, -0.2) is 9.97 Å². The average molecular weight is 388 g/mol. The molecular weight excluding hydrogens is 368 g/mol. The van der Waals surface area contributed by atoms with Gasteiger partial charge in [0.2, 0.25) is 0 Å². The van der Waals surface area contributed by atoms with Crippen LogP contribution in [0.2, 0.25) is 0 Å². The minimum Gasteiger partial charge on any atom is -0.335 e. The number of likely N-dealkylation sites (tertiary alicyclic amines) is 1. The van der Waals surface area contributed by atoms with Gasteiger partial charge in [0.05, 0.1) is 17.1 Å². The number of aromatic nitrogens is 3. The van der Waals surface area contributed by atoms with E-state index in [9.17, 15) is 4.79 Å². The number of para-hydroxylation sites is 2. The van der Waals surface area contributed by atoms with Crippen molar-refractivity contribution >= 4 is 28.3 Å². The Labute approximate surface area is 167 Å². The lowest BCUT2D eigenvalue weighted by Gasteiger charge is -2.17. The molecule has 1 atom stereocenters. The molecule has 0 spiro atoms. The molecule has 0 radical (unpaired) electrons. The maximum absolute atomic E-state index is 13.0. The number of hydrogen-bond acceptors (Lipinski definition) is 4. The number of benzene rings is 2. The van der Waals surface area contributed by atoms with Crippen LogP contribution in [0.5, 0.6) is 0 Å². The van der Waals surface area contributed by atoms with E-state index >= 15 is 0 Å². The molecule has 1 fully saturated rings. The Hall–Kier alpha value is -2.99. The van der Waals surface area contributed by atoms with E-state index in [0.717, 1.165) is 40.4 Å². The number of thiazole rings is 1. The van der Waals surface area contributed by atoms with E-state index in [0.29, 0.717) is 12.2 Å². The highest BCUT2D eigenvalue weighted by Gasteiger charge is 2.30. The molecule has 140 valence electrons. The third-order valence-electron chi connectivity index (χ3n) is 5.33. The Balaban J connectivity index is 1.37. The zero-order valence-corrected chi connectivity index (χ0v) is 16.4. The topological polar surface area (TPSA) is 51.0 Å². The lowest BCUT2D eigenvalue weighted by Crippen LogP contribution is -2.29. The quantitative estimate of drug-likeness (QED) is 0.517. The maximum atomic E-state index is 13.0. The summed E-state index contributed by atoms with van der Waals surface area (Å²) < 4.78 is 2.28. The van der Waals surface area contributed by atoms with Crippen LogP contribution in [0.4, 0.5) is 0 Å². The van der Waals surface area contributed by atoms with Crippen LogP contribution in [0, 0.1) is 6.92 Å². The fourth-order valence-electron chi connectivity index (χ4n) is 4.01. The fourth-order valence-corrected chi connectivity index (χ4v) is 4.81. The molecule has 0 unspecified atom stereocenters. The third-order valence-corrected chi connectivity index (χ3v) is 6.22. The molecule has 1 aliphatic rings. The summed E-state index contributed by atoms with van der Waals surface area (Å²) in [4.78, 5) is 24.2. The van der Waals surface area contributed by atoms with Crippen molar-refractivity contribution in [2.75, 3.05) is 13.1 Å². The molecule has 4 aromatic rings. The summed E-state index contributed by atoms with van der Waals surface area (Å²) in [5.74, 6) is 1.02. The number of hydrogen-bond donors (Lipinski definition) is 0. The van der Waals surface area contributed by atoms with E-state index in [1.807, 2.05) is 65.7 Å². The SMILES string of the molecule is Cc1nc2ccccc2n1[C@@H]1CCN(C(=O)c2csc(-c3ccccc3)n2)C1. The van der Waals surface area contributed by atoms with Crippen LogP contribution in [-0.2, 0) is 0 Å². The number of amides is 1. The predicted molar refractivity (Wildman–Crippen MR) is 112 cm³/mol. The standard InChI is InChI=1S/C22H20N4OS/c1-15-23-18-9-5-6-10-20(18)26(15)17-11-12-25(13-17)22(27)19-14-28-21(24-19)16-7-3-2-4-8-16/h2-10,14,17H,11-13H2,1H3/t17-/m1/s1. The molecule has 6 heteroatoms. The van der Waals surface area contributed by atoms with Crippen molar-refractivity contribution in [3.8, 4) is 10.6 Å². The number of imidazole rings is 1. The van der Waals surface area contributed by atoms with Gasteiger partial charge in [0.15, 0.2) is 0 Å². The van der Waals surface area contributed by atoms with Crippen LogP contribution in [0.3, 0.4) is 0 Å². The zero-order chi connectivity index (χ0) is 19.1. The van der Waals surface area contributed by atoms with Crippen molar-refractivity contribution in [3.05, 3.63) is 71.5 Å². The number of aryl methyl sites for hydroxylation is 1. The molecule has 5 rings (SSSR count). The fraction of sp³-hybridized carbons (Fsp3) is 0.227. The number of fused-ring (bicyclic) bond motifs is 1. The lowest BCUT2D eigenvalue weighted by molar-refractivity contribution is 0.0783. The van der Waals surface area contributed by atoms with Gasteiger partial charge in [0.25, 0.3) is 5.91 Å². The summed E-state index contributed by atoms with van der Waals surface area (Å²) in [7, 11) is 0. The molecule has 2 aromatic carbocycles. The van der Waals surface area contributed by atoms with Gasteiger partial charge >= 0.3 is 0 Å². The van der Waals surface area contributed by atoms with Gasteiger partial charge in [-0.3, -0.25) is 4.79 Å². The monoisotopic (exact) mass is 388 g/mol. The summed E-state index contributed by atoms with van der Waals surface area (Å²) in [6.07, 6.45) is 0.933. The van der Waals surface area contributed by atoms with Gasteiger partial charge in [0, 0.05) is 24.0 Å². The van der Waals surface area contributed by atoms with Crippen LogP contribution >= 0.6 is 11.3 Å². The third kappa shape index (κ3) is 2.90. The molecule has 3 heterocycles. The summed E-state index contributed by atoms with van der Waals surface area (Å²) in [5.41, 5.74) is 3.74. The van der Waals surface area contributed by atoms with Gasteiger partial charge in [-0.15, -0.1) is 11.3 Å². The van der Waals surface area contributed by atoms with E-state index in [4.69, 9.17) is 0 Å². The Bertz CT molecular complexity index is 1150. The van der Waals surface area contributed by atoms with Crippen LogP contribution in [-0.4, -0.2) is 38.4 Å². The van der Waals surface area contributed by atoms with Crippen molar-refractivity contribution in [1.82, 2.24) is 19.4 Å².